The maximum atomic E-state index is 13.0. The van der Waals surface area contributed by atoms with Crippen LogP contribution in [0.15, 0.2) is 48.0 Å². The summed E-state index contributed by atoms with van der Waals surface area (Å²) in [4.78, 5) is 19.0. The van der Waals surface area contributed by atoms with E-state index in [1.807, 2.05) is 46.2 Å². The van der Waals surface area contributed by atoms with Gasteiger partial charge in [-0.1, -0.05) is 18.2 Å². The normalized spacial score (nSPS) is 14.2. The van der Waals surface area contributed by atoms with Crippen LogP contribution >= 0.6 is 0 Å². The molecule has 0 radical (unpaired) electrons. The van der Waals surface area contributed by atoms with E-state index in [1.165, 1.54) is 11.3 Å². The van der Waals surface area contributed by atoms with E-state index >= 15 is 0 Å². The van der Waals surface area contributed by atoms with Crippen molar-refractivity contribution in [2.24, 2.45) is 0 Å². The molecule has 0 spiro atoms. The molecular weight excluding hydrogens is 398 g/mol. The Bertz CT molecular complexity index is 1030. The van der Waals surface area contributed by atoms with Crippen molar-refractivity contribution >= 4 is 28.8 Å². The monoisotopic (exact) mass is 433 g/mol. The number of hydrogen-bond donors (Lipinski definition) is 0. The van der Waals surface area contributed by atoms with Gasteiger partial charge in [0.2, 0.25) is 5.91 Å². The number of carbonyl (C=O) groups excluding carboxylic acids is 1. The van der Waals surface area contributed by atoms with Gasteiger partial charge < -0.3 is 19.4 Å². The molecule has 5 heteroatoms. The first-order chi connectivity index (χ1) is 15.2. The standard InChI is InChI=1S/C27H35N3O2/c1-19-24(16-20-8-10-21(11-9-20)29(4)5)23-13-12-22(32-7)17-26(23)25(19)18-27(31)30(6)15-14-28(2)3/h8-13,16-17H,14-15,18H2,1-7H3/b24-16-. The number of benzene rings is 2. The summed E-state index contributed by atoms with van der Waals surface area (Å²) in [6.07, 6.45) is 2.60. The third-order valence-corrected chi connectivity index (χ3v) is 6.06. The molecule has 0 aliphatic heterocycles. The summed E-state index contributed by atoms with van der Waals surface area (Å²) in [6.45, 7) is 3.68. The lowest BCUT2D eigenvalue weighted by Gasteiger charge is -2.20. The van der Waals surface area contributed by atoms with Crippen LogP contribution in [0, 0.1) is 0 Å². The Labute approximate surface area is 192 Å². The second-order valence-corrected chi connectivity index (χ2v) is 8.85. The van der Waals surface area contributed by atoms with Crippen LogP contribution in [0.1, 0.15) is 30.0 Å². The Morgan fingerprint density at radius 3 is 2.22 bits per heavy atom. The van der Waals surface area contributed by atoms with E-state index < -0.39 is 0 Å². The van der Waals surface area contributed by atoms with Gasteiger partial charge in [0.1, 0.15) is 5.75 Å². The van der Waals surface area contributed by atoms with Crippen LogP contribution in [0.5, 0.6) is 5.75 Å². The van der Waals surface area contributed by atoms with E-state index in [4.69, 9.17) is 4.74 Å². The number of methoxy groups -OCH3 is 1. The summed E-state index contributed by atoms with van der Waals surface area (Å²) < 4.78 is 5.48. The van der Waals surface area contributed by atoms with Gasteiger partial charge in [-0.3, -0.25) is 4.79 Å². The van der Waals surface area contributed by atoms with Gasteiger partial charge in [-0.25, -0.2) is 0 Å². The summed E-state index contributed by atoms with van der Waals surface area (Å²) in [7, 11) is 11.7. The van der Waals surface area contributed by atoms with E-state index in [2.05, 4.69) is 59.2 Å². The summed E-state index contributed by atoms with van der Waals surface area (Å²) in [5.74, 6) is 0.936. The smallest absolute Gasteiger partial charge is 0.226 e. The van der Waals surface area contributed by atoms with Crippen LogP contribution in [0.4, 0.5) is 5.69 Å². The number of amides is 1. The minimum Gasteiger partial charge on any atom is -0.497 e. The molecule has 2 aromatic carbocycles. The molecule has 1 amide bonds. The molecule has 32 heavy (non-hydrogen) atoms. The molecule has 0 saturated heterocycles. The van der Waals surface area contributed by atoms with Crippen molar-refractivity contribution in [1.29, 1.82) is 0 Å². The highest BCUT2D eigenvalue weighted by Crippen LogP contribution is 2.45. The molecular formula is C27H35N3O2. The molecule has 0 heterocycles. The molecule has 0 bridgehead atoms. The third kappa shape index (κ3) is 5.22. The van der Waals surface area contributed by atoms with Gasteiger partial charge in [-0.15, -0.1) is 0 Å². The van der Waals surface area contributed by atoms with Crippen LogP contribution < -0.4 is 9.64 Å². The summed E-state index contributed by atoms with van der Waals surface area (Å²) in [6, 6.07) is 14.7. The fourth-order valence-electron chi connectivity index (χ4n) is 3.91. The van der Waals surface area contributed by atoms with Gasteiger partial charge in [0.25, 0.3) is 0 Å². The molecule has 0 aromatic heterocycles. The van der Waals surface area contributed by atoms with E-state index in [-0.39, 0.29) is 5.91 Å². The average molecular weight is 434 g/mol. The zero-order valence-electron chi connectivity index (χ0n) is 20.4. The second kappa shape index (κ2) is 10.0. The number of ether oxygens (including phenoxy) is 1. The number of hydrogen-bond acceptors (Lipinski definition) is 4. The van der Waals surface area contributed by atoms with E-state index in [1.54, 1.807) is 7.11 Å². The molecule has 0 fully saturated rings. The highest BCUT2D eigenvalue weighted by atomic mass is 16.5. The maximum Gasteiger partial charge on any atom is 0.226 e. The number of likely N-dealkylation sites (N-methyl/N-ethyl adjacent to an activating group) is 2. The average Bonchev–Trinajstić information content (AvgIpc) is 3.02. The van der Waals surface area contributed by atoms with Crippen LogP contribution in [0.3, 0.4) is 0 Å². The molecule has 0 N–H and O–H groups in total. The van der Waals surface area contributed by atoms with E-state index in [9.17, 15) is 4.79 Å². The zero-order chi connectivity index (χ0) is 23.4. The molecule has 1 aliphatic rings. The van der Waals surface area contributed by atoms with Crippen molar-refractivity contribution in [1.82, 2.24) is 9.80 Å². The summed E-state index contributed by atoms with van der Waals surface area (Å²) >= 11 is 0. The number of carbonyl (C=O) groups is 1. The van der Waals surface area contributed by atoms with Gasteiger partial charge in [0.15, 0.2) is 0 Å². The second-order valence-electron chi connectivity index (χ2n) is 8.85. The molecule has 2 aromatic rings. The minimum atomic E-state index is 0.131. The van der Waals surface area contributed by atoms with Crippen LogP contribution in [-0.4, -0.2) is 71.1 Å². The third-order valence-electron chi connectivity index (χ3n) is 6.06. The lowest BCUT2D eigenvalue weighted by molar-refractivity contribution is -0.128. The largest absolute Gasteiger partial charge is 0.497 e. The fourth-order valence-corrected chi connectivity index (χ4v) is 3.91. The Balaban J connectivity index is 1.96. The van der Waals surface area contributed by atoms with Crippen LogP contribution in [0.25, 0.3) is 17.2 Å². The molecule has 0 unspecified atom stereocenters. The topological polar surface area (TPSA) is 36.0 Å². The van der Waals surface area contributed by atoms with E-state index in [0.717, 1.165) is 40.1 Å². The number of rotatable bonds is 8. The van der Waals surface area contributed by atoms with Gasteiger partial charge in [-0.2, -0.15) is 0 Å². The highest BCUT2D eigenvalue weighted by molar-refractivity contribution is 6.08. The maximum absolute atomic E-state index is 13.0. The lowest BCUT2D eigenvalue weighted by Crippen LogP contribution is -2.33. The van der Waals surface area contributed by atoms with Crippen molar-refractivity contribution in [3.8, 4) is 5.75 Å². The Kier molecular flexibility index (Phi) is 7.41. The van der Waals surface area contributed by atoms with E-state index in [0.29, 0.717) is 13.0 Å². The molecule has 0 atom stereocenters. The van der Waals surface area contributed by atoms with Crippen molar-refractivity contribution in [3.05, 3.63) is 64.7 Å². The van der Waals surface area contributed by atoms with Gasteiger partial charge in [-0.05, 0) is 84.8 Å². The predicted octanol–water partition coefficient (Wildman–Crippen LogP) is 4.50. The van der Waals surface area contributed by atoms with Gasteiger partial charge >= 0.3 is 0 Å². The number of anilines is 1. The number of nitrogens with zero attached hydrogens (tertiary/aromatic N) is 3. The van der Waals surface area contributed by atoms with Crippen molar-refractivity contribution in [2.45, 2.75) is 13.3 Å². The summed E-state index contributed by atoms with van der Waals surface area (Å²) in [5, 5.41) is 0. The van der Waals surface area contributed by atoms with Gasteiger partial charge in [0, 0.05) is 39.9 Å². The van der Waals surface area contributed by atoms with Crippen molar-refractivity contribution < 1.29 is 9.53 Å². The van der Waals surface area contributed by atoms with Crippen LogP contribution in [0.2, 0.25) is 0 Å². The number of fused-ring (bicyclic) bond motifs is 1. The van der Waals surface area contributed by atoms with Crippen molar-refractivity contribution in [3.63, 3.8) is 0 Å². The highest BCUT2D eigenvalue weighted by Gasteiger charge is 2.26. The quantitative estimate of drug-likeness (QED) is 0.614. The number of allylic oxidation sites excluding steroid dienone is 2. The SMILES string of the molecule is COc1ccc2c(c1)C(CC(=O)N(C)CCN(C)C)=C(C)/C2=C/c1ccc(N(C)C)cc1. The molecule has 5 nitrogen and oxygen atoms in total. The Hall–Kier alpha value is -3.05. The van der Waals surface area contributed by atoms with Gasteiger partial charge in [0.05, 0.1) is 13.5 Å². The molecule has 0 saturated carbocycles. The Morgan fingerprint density at radius 1 is 0.938 bits per heavy atom. The fraction of sp³-hybridized carbons (Fsp3) is 0.370. The van der Waals surface area contributed by atoms with Crippen LogP contribution in [-0.2, 0) is 4.79 Å². The van der Waals surface area contributed by atoms with Crippen molar-refractivity contribution in [2.75, 3.05) is 60.3 Å². The first kappa shape index (κ1) is 23.6. The molecule has 1 aliphatic carbocycles. The Morgan fingerprint density at radius 2 is 1.62 bits per heavy atom. The zero-order valence-corrected chi connectivity index (χ0v) is 20.4. The summed E-state index contributed by atoms with van der Waals surface area (Å²) in [5.41, 5.74) is 7.95. The lowest BCUT2D eigenvalue weighted by atomic mass is 10.00. The molecule has 3 rings (SSSR count). The molecule has 170 valence electrons. The first-order valence-electron chi connectivity index (χ1n) is 11.0. The first-order valence-corrected chi connectivity index (χ1v) is 11.0. The predicted molar refractivity (Wildman–Crippen MR) is 135 cm³/mol. The minimum absolute atomic E-state index is 0.131.